The average molecular weight is 451 g/mol. The highest BCUT2D eigenvalue weighted by atomic mass is 32.1. The summed E-state index contributed by atoms with van der Waals surface area (Å²) in [7, 11) is 1.57. The lowest BCUT2D eigenvalue weighted by Crippen LogP contribution is -2.37. The van der Waals surface area contributed by atoms with Crippen molar-refractivity contribution >= 4 is 54.0 Å². The van der Waals surface area contributed by atoms with Crippen molar-refractivity contribution in [2.45, 2.75) is 6.42 Å². The van der Waals surface area contributed by atoms with Crippen molar-refractivity contribution in [3.05, 3.63) is 65.0 Å². The molecule has 7 heteroatoms. The van der Waals surface area contributed by atoms with E-state index in [1.54, 1.807) is 41.9 Å². The second-order valence-electron chi connectivity index (χ2n) is 7.54. The number of benzene rings is 2. The SMILES string of the molecule is COc1ccccc1C(=O)N1CCCN(C(=O)c2cc3sc4ccccc4c3s2)CC1. The number of fused-ring (bicyclic) bond motifs is 3. The molecule has 0 bridgehead atoms. The number of thiophene rings is 2. The Morgan fingerprint density at radius 1 is 0.839 bits per heavy atom. The van der Waals surface area contributed by atoms with Crippen LogP contribution in [0.5, 0.6) is 5.75 Å². The van der Waals surface area contributed by atoms with E-state index in [1.165, 1.54) is 14.8 Å². The van der Waals surface area contributed by atoms with Gasteiger partial charge in [-0.3, -0.25) is 9.59 Å². The number of carbonyl (C=O) groups is 2. The molecule has 0 N–H and O–H groups in total. The van der Waals surface area contributed by atoms with E-state index in [2.05, 4.69) is 12.1 Å². The molecule has 31 heavy (non-hydrogen) atoms. The number of methoxy groups -OCH3 is 1. The molecule has 5 nitrogen and oxygen atoms in total. The molecule has 2 aromatic heterocycles. The van der Waals surface area contributed by atoms with Gasteiger partial charge in [0.05, 0.1) is 22.3 Å². The molecular formula is C24H22N2O3S2. The Labute approximate surface area is 188 Å². The molecule has 3 heterocycles. The third-order valence-corrected chi connectivity index (χ3v) is 8.07. The van der Waals surface area contributed by atoms with E-state index in [4.69, 9.17) is 4.74 Å². The minimum absolute atomic E-state index is 0.0464. The first kappa shape index (κ1) is 20.0. The topological polar surface area (TPSA) is 49.9 Å². The van der Waals surface area contributed by atoms with Gasteiger partial charge in [0, 0.05) is 41.0 Å². The molecule has 1 fully saturated rings. The van der Waals surface area contributed by atoms with E-state index in [-0.39, 0.29) is 11.8 Å². The highest BCUT2D eigenvalue weighted by Gasteiger charge is 2.26. The first-order valence-electron chi connectivity index (χ1n) is 10.3. The Morgan fingerprint density at radius 2 is 1.55 bits per heavy atom. The van der Waals surface area contributed by atoms with Crippen LogP contribution in [0.15, 0.2) is 54.6 Å². The quantitative estimate of drug-likeness (QED) is 0.436. The highest BCUT2D eigenvalue weighted by molar-refractivity contribution is 7.33. The van der Waals surface area contributed by atoms with Gasteiger partial charge in [0.1, 0.15) is 5.75 Å². The summed E-state index contributed by atoms with van der Waals surface area (Å²) in [6.07, 6.45) is 0.759. The van der Waals surface area contributed by atoms with E-state index in [0.717, 1.165) is 16.0 Å². The normalized spacial score (nSPS) is 14.7. The Hall–Kier alpha value is -2.90. The predicted octanol–water partition coefficient (Wildman–Crippen LogP) is 5.11. The standard InChI is InChI=1S/C24H22N2O3S2/c1-29-18-9-4-2-7-16(18)23(27)25-11-6-12-26(14-13-25)24(28)21-15-20-22(31-21)17-8-3-5-10-19(17)30-20/h2-5,7-10,15H,6,11-14H2,1H3. The van der Waals surface area contributed by atoms with Gasteiger partial charge in [-0.2, -0.15) is 0 Å². The van der Waals surface area contributed by atoms with Gasteiger partial charge >= 0.3 is 0 Å². The van der Waals surface area contributed by atoms with Crippen LogP contribution in [0, 0.1) is 0 Å². The molecule has 0 unspecified atom stereocenters. The zero-order valence-corrected chi connectivity index (χ0v) is 18.8. The van der Waals surface area contributed by atoms with Crippen LogP contribution >= 0.6 is 22.7 Å². The summed E-state index contributed by atoms with van der Waals surface area (Å²) in [4.78, 5) is 30.7. The lowest BCUT2D eigenvalue weighted by atomic mass is 10.1. The predicted molar refractivity (Wildman–Crippen MR) is 127 cm³/mol. The molecule has 0 atom stereocenters. The lowest BCUT2D eigenvalue weighted by Gasteiger charge is -2.22. The Kier molecular flexibility index (Phi) is 5.38. The van der Waals surface area contributed by atoms with Crippen LogP contribution in [-0.4, -0.2) is 54.9 Å². The number of nitrogens with zero attached hydrogens (tertiary/aromatic N) is 2. The molecule has 1 saturated heterocycles. The molecule has 0 saturated carbocycles. The monoisotopic (exact) mass is 450 g/mol. The molecule has 158 valence electrons. The number of para-hydroxylation sites is 1. The van der Waals surface area contributed by atoms with E-state index in [9.17, 15) is 9.59 Å². The summed E-state index contributed by atoms with van der Waals surface area (Å²) in [5.74, 6) is 0.592. The number of ether oxygens (including phenoxy) is 1. The third kappa shape index (κ3) is 3.68. The van der Waals surface area contributed by atoms with Crippen molar-refractivity contribution in [2.24, 2.45) is 0 Å². The van der Waals surface area contributed by atoms with Crippen molar-refractivity contribution in [1.29, 1.82) is 0 Å². The number of rotatable bonds is 3. The van der Waals surface area contributed by atoms with Crippen LogP contribution in [0.3, 0.4) is 0 Å². The van der Waals surface area contributed by atoms with E-state index >= 15 is 0 Å². The van der Waals surface area contributed by atoms with Crippen LogP contribution < -0.4 is 4.74 Å². The first-order chi connectivity index (χ1) is 15.2. The zero-order chi connectivity index (χ0) is 21.4. The molecule has 0 aliphatic carbocycles. The molecule has 1 aliphatic heterocycles. The fourth-order valence-corrected chi connectivity index (χ4v) is 6.57. The maximum atomic E-state index is 13.2. The van der Waals surface area contributed by atoms with E-state index in [0.29, 0.717) is 37.5 Å². The van der Waals surface area contributed by atoms with Gasteiger partial charge in [0.2, 0.25) is 0 Å². The van der Waals surface area contributed by atoms with Crippen molar-refractivity contribution in [3.8, 4) is 5.75 Å². The fraction of sp³-hybridized carbons (Fsp3) is 0.250. The van der Waals surface area contributed by atoms with Crippen LogP contribution in [0.2, 0.25) is 0 Å². The van der Waals surface area contributed by atoms with Crippen LogP contribution in [0.25, 0.3) is 19.5 Å². The van der Waals surface area contributed by atoms with Gasteiger partial charge in [0.25, 0.3) is 11.8 Å². The molecule has 2 aromatic carbocycles. The summed E-state index contributed by atoms with van der Waals surface area (Å²) >= 11 is 3.30. The summed E-state index contributed by atoms with van der Waals surface area (Å²) in [5.41, 5.74) is 0.565. The van der Waals surface area contributed by atoms with Crippen LogP contribution in [-0.2, 0) is 0 Å². The smallest absolute Gasteiger partial charge is 0.264 e. The maximum absolute atomic E-state index is 13.2. The molecular weight excluding hydrogens is 428 g/mol. The molecule has 2 amide bonds. The number of carbonyl (C=O) groups excluding carboxylic acids is 2. The highest BCUT2D eigenvalue weighted by Crippen LogP contribution is 2.39. The molecule has 5 rings (SSSR count). The molecule has 0 radical (unpaired) electrons. The minimum atomic E-state index is -0.0464. The van der Waals surface area contributed by atoms with E-state index in [1.807, 2.05) is 40.1 Å². The average Bonchev–Trinajstić information content (AvgIpc) is 3.26. The molecule has 4 aromatic rings. The second kappa shape index (κ2) is 8.32. The minimum Gasteiger partial charge on any atom is -0.496 e. The Balaban J connectivity index is 1.32. The van der Waals surface area contributed by atoms with Gasteiger partial charge in [-0.05, 0) is 30.7 Å². The largest absolute Gasteiger partial charge is 0.496 e. The van der Waals surface area contributed by atoms with Gasteiger partial charge < -0.3 is 14.5 Å². The first-order valence-corrected chi connectivity index (χ1v) is 11.9. The fourth-order valence-electron chi connectivity index (χ4n) is 4.08. The van der Waals surface area contributed by atoms with Crippen molar-refractivity contribution in [3.63, 3.8) is 0 Å². The van der Waals surface area contributed by atoms with Gasteiger partial charge in [0.15, 0.2) is 0 Å². The van der Waals surface area contributed by atoms with Crippen molar-refractivity contribution < 1.29 is 14.3 Å². The number of hydrogen-bond donors (Lipinski definition) is 0. The summed E-state index contributed by atoms with van der Waals surface area (Å²) < 4.78 is 8.95. The summed E-state index contributed by atoms with van der Waals surface area (Å²) in [5, 5.41) is 1.22. The van der Waals surface area contributed by atoms with Gasteiger partial charge in [-0.25, -0.2) is 0 Å². The third-order valence-electron chi connectivity index (χ3n) is 5.67. The Bertz CT molecular complexity index is 1280. The summed E-state index contributed by atoms with van der Waals surface area (Å²) in [6.45, 7) is 2.34. The zero-order valence-electron chi connectivity index (χ0n) is 17.2. The van der Waals surface area contributed by atoms with Crippen LogP contribution in [0.4, 0.5) is 0 Å². The van der Waals surface area contributed by atoms with E-state index < -0.39 is 0 Å². The Morgan fingerprint density at radius 3 is 2.35 bits per heavy atom. The molecule has 0 spiro atoms. The summed E-state index contributed by atoms with van der Waals surface area (Å²) in [6, 6.07) is 17.6. The maximum Gasteiger partial charge on any atom is 0.264 e. The van der Waals surface area contributed by atoms with Crippen molar-refractivity contribution in [2.75, 3.05) is 33.3 Å². The lowest BCUT2D eigenvalue weighted by molar-refractivity contribution is 0.0719. The number of hydrogen-bond acceptors (Lipinski definition) is 5. The van der Waals surface area contributed by atoms with Crippen molar-refractivity contribution in [1.82, 2.24) is 9.80 Å². The van der Waals surface area contributed by atoms with Crippen LogP contribution in [0.1, 0.15) is 26.5 Å². The second-order valence-corrected chi connectivity index (χ2v) is 9.68. The number of amides is 2. The van der Waals surface area contributed by atoms with Gasteiger partial charge in [-0.1, -0.05) is 30.3 Å². The molecule has 1 aliphatic rings. The van der Waals surface area contributed by atoms with Gasteiger partial charge in [-0.15, -0.1) is 22.7 Å².